The molecule has 0 spiro atoms. The van der Waals surface area contributed by atoms with Crippen molar-refractivity contribution < 1.29 is 13.9 Å². The van der Waals surface area contributed by atoms with E-state index in [0.29, 0.717) is 13.1 Å². The van der Waals surface area contributed by atoms with Gasteiger partial charge in [0.2, 0.25) is 0 Å². The van der Waals surface area contributed by atoms with Gasteiger partial charge in [-0.25, -0.2) is 9.18 Å². The lowest BCUT2D eigenvalue weighted by Gasteiger charge is -2.27. The lowest BCUT2D eigenvalue weighted by Crippen LogP contribution is -2.38. The van der Waals surface area contributed by atoms with E-state index in [1.807, 2.05) is 33.8 Å². The Kier molecular flexibility index (Phi) is 6.66. The predicted octanol–water partition coefficient (Wildman–Crippen LogP) is 4.41. The van der Waals surface area contributed by atoms with Gasteiger partial charge in [-0.05, 0) is 57.7 Å². The van der Waals surface area contributed by atoms with Crippen molar-refractivity contribution in [3.05, 3.63) is 35.6 Å². The number of benzene rings is 1. The molecule has 0 aliphatic heterocycles. The Morgan fingerprint density at radius 2 is 2.00 bits per heavy atom. The van der Waals surface area contributed by atoms with E-state index >= 15 is 0 Å². The van der Waals surface area contributed by atoms with Crippen LogP contribution in [0.4, 0.5) is 9.18 Å². The second-order valence-electron chi connectivity index (χ2n) is 6.20. The summed E-state index contributed by atoms with van der Waals surface area (Å²) in [5.41, 5.74) is 0.474. The molecule has 0 saturated heterocycles. The third-order valence-corrected chi connectivity index (χ3v) is 2.93. The number of rotatable bonds is 6. The molecule has 1 aromatic carbocycles. The number of aryl methyl sites for hydroxylation is 1. The van der Waals surface area contributed by atoms with Gasteiger partial charge < -0.3 is 9.64 Å². The maximum Gasteiger partial charge on any atom is 0.410 e. The number of nitrogens with zero attached hydrogens (tertiary/aromatic N) is 1. The number of hydrogen-bond acceptors (Lipinski definition) is 2. The van der Waals surface area contributed by atoms with Crippen LogP contribution in [0.2, 0.25) is 0 Å². The molecule has 1 aromatic rings. The van der Waals surface area contributed by atoms with E-state index < -0.39 is 5.60 Å². The zero-order valence-corrected chi connectivity index (χ0v) is 13.5. The van der Waals surface area contributed by atoms with Crippen molar-refractivity contribution in [1.29, 1.82) is 0 Å². The Labute approximate surface area is 127 Å². The van der Waals surface area contributed by atoms with E-state index in [2.05, 4.69) is 0 Å². The van der Waals surface area contributed by atoms with Gasteiger partial charge in [0.1, 0.15) is 11.4 Å². The van der Waals surface area contributed by atoms with Crippen LogP contribution in [0.3, 0.4) is 0 Å². The predicted molar refractivity (Wildman–Crippen MR) is 82.8 cm³/mol. The van der Waals surface area contributed by atoms with Crippen LogP contribution >= 0.6 is 0 Å². The first-order valence-electron chi connectivity index (χ1n) is 7.54. The van der Waals surface area contributed by atoms with Crippen LogP contribution in [-0.4, -0.2) is 29.7 Å². The average Bonchev–Trinajstić information content (AvgIpc) is 2.35. The summed E-state index contributed by atoms with van der Waals surface area (Å²) in [5.74, 6) is -0.218. The van der Waals surface area contributed by atoms with Crippen molar-refractivity contribution in [2.24, 2.45) is 0 Å². The fourth-order valence-corrected chi connectivity index (χ4v) is 2.06. The van der Waals surface area contributed by atoms with Crippen molar-refractivity contribution in [1.82, 2.24) is 4.90 Å². The van der Waals surface area contributed by atoms with Gasteiger partial charge in [0.05, 0.1) is 0 Å². The van der Waals surface area contributed by atoms with Crippen LogP contribution in [-0.2, 0) is 11.2 Å². The van der Waals surface area contributed by atoms with Gasteiger partial charge >= 0.3 is 6.09 Å². The summed E-state index contributed by atoms with van der Waals surface area (Å²) >= 11 is 0. The maximum atomic E-state index is 13.1. The Balaban J connectivity index is 2.49. The third-order valence-electron chi connectivity index (χ3n) is 2.93. The molecule has 3 nitrogen and oxygen atoms in total. The number of ether oxygens (including phenoxy) is 1. The van der Waals surface area contributed by atoms with Crippen molar-refractivity contribution in [2.75, 3.05) is 13.1 Å². The van der Waals surface area contributed by atoms with Crippen molar-refractivity contribution in [2.45, 2.75) is 52.6 Å². The van der Waals surface area contributed by atoms with E-state index in [0.717, 1.165) is 24.8 Å². The van der Waals surface area contributed by atoms with E-state index in [4.69, 9.17) is 4.74 Å². The van der Waals surface area contributed by atoms with Crippen LogP contribution in [0, 0.1) is 5.82 Å². The summed E-state index contributed by atoms with van der Waals surface area (Å²) in [5, 5.41) is 0. The molecular formula is C17H26FNO2. The monoisotopic (exact) mass is 295 g/mol. The molecule has 0 aliphatic rings. The minimum absolute atomic E-state index is 0.218. The van der Waals surface area contributed by atoms with Crippen LogP contribution < -0.4 is 0 Å². The highest BCUT2D eigenvalue weighted by atomic mass is 19.1. The van der Waals surface area contributed by atoms with E-state index in [1.54, 1.807) is 11.0 Å². The number of carbonyl (C=O) groups is 1. The van der Waals surface area contributed by atoms with Crippen LogP contribution in [0.1, 0.15) is 46.1 Å². The summed E-state index contributed by atoms with van der Waals surface area (Å²) in [6.07, 6.45) is 2.16. The Hall–Kier alpha value is -1.58. The van der Waals surface area contributed by atoms with Crippen LogP contribution in [0.15, 0.2) is 24.3 Å². The molecule has 0 radical (unpaired) electrons. The summed E-state index contributed by atoms with van der Waals surface area (Å²) < 4.78 is 18.5. The number of amides is 1. The highest BCUT2D eigenvalue weighted by Gasteiger charge is 2.21. The molecule has 0 atom stereocenters. The van der Waals surface area contributed by atoms with Gasteiger partial charge in [-0.1, -0.05) is 19.1 Å². The molecule has 21 heavy (non-hydrogen) atoms. The van der Waals surface area contributed by atoms with E-state index in [-0.39, 0.29) is 11.9 Å². The van der Waals surface area contributed by atoms with Gasteiger partial charge in [-0.2, -0.15) is 0 Å². The number of carbonyl (C=O) groups excluding carboxylic acids is 1. The first kappa shape index (κ1) is 17.5. The highest BCUT2D eigenvalue weighted by molar-refractivity contribution is 5.68. The molecule has 1 rings (SSSR count). The van der Waals surface area contributed by atoms with Crippen molar-refractivity contribution >= 4 is 6.09 Å². The molecule has 4 heteroatoms. The zero-order valence-electron chi connectivity index (χ0n) is 13.5. The lowest BCUT2D eigenvalue weighted by molar-refractivity contribution is 0.0248. The topological polar surface area (TPSA) is 29.5 Å². The standard InChI is InChI=1S/C17H26FNO2/c1-5-11-19(16(20)21-17(2,3)4)12-7-9-14-8-6-10-15(18)13-14/h6,8,10,13H,5,7,9,11-12H2,1-4H3. The van der Waals surface area contributed by atoms with E-state index in [1.165, 1.54) is 12.1 Å². The summed E-state index contributed by atoms with van der Waals surface area (Å²) in [6.45, 7) is 8.92. The first-order chi connectivity index (χ1) is 9.81. The lowest BCUT2D eigenvalue weighted by atomic mass is 10.1. The average molecular weight is 295 g/mol. The first-order valence-corrected chi connectivity index (χ1v) is 7.54. The largest absolute Gasteiger partial charge is 0.444 e. The quantitative estimate of drug-likeness (QED) is 0.778. The normalized spacial score (nSPS) is 11.3. The highest BCUT2D eigenvalue weighted by Crippen LogP contribution is 2.12. The van der Waals surface area contributed by atoms with E-state index in [9.17, 15) is 9.18 Å². The Morgan fingerprint density at radius 1 is 1.29 bits per heavy atom. The van der Waals surface area contributed by atoms with Crippen molar-refractivity contribution in [3.63, 3.8) is 0 Å². The zero-order chi connectivity index (χ0) is 15.9. The van der Waals surface area contributed by atoms with Crippen LogP contribution in [0.5, 0.6) is 0 Å². The minimum Gasteiger partial charge on any atom is -0.444 e. The molecule has 0 bridgehead atoms. The maximum absolute atomic E-state index is 13.1. The second-order valence-corrected chi connectivity index (χ2v) is 6.20. The summed E-state index contributed by atoms with van der Waals surface area (Å²) in [6, 6.07) is 6.59. The Bertz CT molecular complexity index is 454. The molecule has 0 fully saturated rings. The molecule has 118 valence electrons. The second kappa shape index (κ2) is 8.01. The summed E-state index contributed by atoms with van der Waals surface area (Å²) in [7, 11) is 0. The third kappa shape index (κ3) is 7.11. The molecule has 0 N–H and O–H groups in total. The van der Waals surface area contributed by atoms with Crippen LogP contribution in [0.25, 0.3) is 0 Å². The molecular weight excluding hydrogens is 269 g/mol. The molecule has 0 aliphatic carbocycles. The summed E-state index contributed by atoms with van der Waals surface area (Å²) in [4.78, 5) is 13.8. The van der Waals surface area contributed by atoms with Gasteiger partial charge in [0, 0.05) is 13.1 Å². The van der Waals surface area contributed by atoms with Gasteiger partial charge in [-0.15, -0.1) is 0 Å². The molecule has 1 amide bonds. The number of hydrogen-bond donors (Lipinski definition) is 0. The molecule has 0 saturated carbocycles. The Morgan fingerprint density at radius 3 is 2.57 bits per heavy atom. The molecule has 0 heterocycles. The SMILES string of the molecule is CCCN(CCCc1cccc(F)c1)C(=O)OC(C)(C)C. The minimum atomic E-state index is -0.481. The van der Waals surface area contributed by atoms with Gasteiger partial charge in [-0.3, -0.25) is 0 Å². The van der Waals surface area contributed by atoms with Gasteiger partial charge in [0.15, 0.2) is 0 Å². The van der Waals surface area contributed by atoms with Gasteiger partial charge in [0.25, 0.3) is 0 Å². The smallest absolute Gasteiger partial charge is 0.410 e. The fraction of sp³-hybridized carbons (Fsp3) is 0.588. The number of halogens is 1. The fourth-order valence-electron chi connectivity index (χ4n) is 2.06. The van der Waals surface area contributed by atoms with Crippen molar-refractivity contribution in [3.8, 4) is 0 Å². The molecule has 0 unspecified atom stereocenters. The molecule has 0 aromatic heterocycles.